The molecule has 1 atom stereocenters. The number of aryl methyl sites for hydroxylation is 1. The third-order valence-corrected chi connectivity index (χ3v) is 5.60. The number of hydrogen-bond donors (Lipinski definition) is 2. The Kier molecular flexibility index (Phi) is 6.81. The van der Waals surface area contributed by atoms with E-state index >= 15 is 0 Å². The maximum Gasteiger partial charge on any atom is 0.223 e. The molecule has 1 aliphatic rings. The smallest absolute Gasteiger partial charge is 0.223 e. The summed E-state index contributed by atoms with van der Waals surface area (Å²) in [6.45, 7) is 5.05. The SMILES string of the molecule is CN=C(NCc1cnc(C)s1)NCC1CC(=O)N(CCc2ccccc2)C1. The fraction of sp³-hybridized carbons (Fsp3) is 0.450. The molecule has 1 amide bonds. The Bertz CT molecular complexity index is 774. The molecule has 2 N–H and O–H groups in total. The van der Waals surface area contributed by atoms with Gasteiger partial charge in [0.2, 0.25) is 5.91 Å². The van der Waals surface area contributed by atoms with Gasteiger partial charge in [-0.05, 0) is 18.9 Å². The number of thiazole rings is 1. The minimum atomic E-state index is 0.251. The predicted octanol–water partition coefficient (Wildman–Crippen LogP) is 2.21. The van der Waals surface area contributed by atoms with Crippen molar-refractivity contribution in [3.63, 3.8) is 0 Å². The molecule has 2 aromatic rings. The highest BCUT2D eigenvalue weighted by Crippen LogP contribution is 2.17. The number of likely N-dealkylation sites (tertiary alicyclic amines) is 1. The summed E-state index contributed by atoms with van der Waals surface area (Å²) in [5.74, 6) is 1.33. The van der Waals surface area contributed by atoms with E-state index in [2.05, 4.69) is 32.7 Å². The summed E-state index contributed by atoms with van der Waals surface area (Å²) in [6, 6.07) is 10.3. The fourth-order valence-electron chi connectivity index (χ4n) is 3.24. The van der Waals surface area contributed by atoms with Crippen LogP contribution >= 0.6 is 11.3 Å². The van der Waals surface area contributed by atoms with Gasteiger partial charge in [-0.25, -0.2) is 4.98 Å². The van der Waals surface area contributed by atoms with Crippen LogP contribution < -0.4 is 10.6 Å². The lowest BCUT2D eigenvalue weighted by Crippen LogP contribution is -2.39. The highest BCUT2D eigenvalue weighted by molar-refractivity contribution is 7.11. The minimum absolute atomic E-state index is 0.251. The second-order valence-electron chi connectivity index (χ2n) is 6.80. The first-order chi connectivity index (χ1) is 13.1. The molecule has 3 rings (SSSR count). The Balaban J connectivity index is 1.40. The molecule has 0 radical (unpaired) electrons. The van der Waals surface area contributed by atoms with Crippen molar-refractivity contribution < 1.29 is 4.79 Å². The van der Waals surface area contributed by atoms with E-state index in [-0.39, 0.29) is 5.91 Å². The third kappa shape index (κ3) is 5.79. The van der Waals surface area contributed by atoms with E-state index in [0.717, 1.165) is 37.0 Å². The second kappa shape index (κ2) is 9.50. The Labute approximate surface area is 164 Å². The van der Waals surface area contributed by atoms with Gasteiger partial charge in [-0.3, -0.25) is 9.79 Å². The zero-order chi connectivity index (χ0) is 19.1. The van der Waals surface area contributed by atoms with Crippen LogP contribution in [0, 0.1) is 12.8 Å². The Morgan fingerprint density at radius 2 is 2.15 bits per heavy atom. The van der Waals surface area contributed by atoms with Crippen molar-refractivity contribution in [3.05, 3.63) is 52.0 Å². The Hall–Kier alpha value is -2.41. The van der Waals surface area contributed by atoms with E-state index in [1.165, 1.54) is 10.4 Å². The van der Waals surface area contributed by atoms with E-state index in [4.69, 9.17) is 0 Å². The van der Waals surface area contributed by atoms with Gasteiger partial charge < -0.3 is 15.5 Å². The molecule has 0 bridgehead atoms. The zero-order valence-electron chi connectivity index (χ0n) is 15.9. The lowest BCUT2D eigenvalue weighted by Gasteiger charge is -2.17. The predicted molar refractivity (Wildman–Crippen MR) is 110 cm³/mol. The molecule has 1 aliphatic heterocycles. The molecule has 7 heteroatoms. The highest BCUT2D eigenvalue weighted by atomic mass is 32.1. The van der Waals surface area contributed by atoms with Crippen molar-refractivity contribution in [1.29, 1.82) is 0 Å². The first-order valence-electron chi connectivity index (χ1n) is 9.31. The minimum Gasteiger partial charge on any atom is -0.356 e. The molecule has 27 heavy (non-hydrogen) atoms. The number of nitrogens with one attached hydrogen (secondary N) is 2. The Morgan fingerprint density at radius 1 is 1.33 bits per heavy atom. The van der Waals surface area contributed by atoms with E-state index in [0.29, 0.717) is 18.9 Å². The van der Waals surface area contributed by atoms with Crippen molar-refractivity contribution >= 4 is 23.2 Å². The maximum atomic E-state index is 12.3. The summed E-state index contributed by atoms with van der Waals surface area (Å²) in [4.78, 5) is 24.0. The fourth-order valence-corrected chi connectivity index (χ4v) is 3.97. The molecule has 1 fully saturated rings. The summed E-state index contributed by atoms with van der Waals surface area (Å²) in [6.07, 6.45) is 3.40. The van der Waals surface area contributed by atoms with Gasteiger partial charge in [-0.1, -0.05) is 30.3 Å². The van der Waals surface area contributed by atoms with Gasteiger partial charge in [-0.2, -0.15) is 0 Å². The van der Waals surface area contributed by atoms with Gasteiger partial charge in [0.05, 0.1) is 11.6 Å². The maximum absolute atomic E-state index is 12.3. The quantitative estimate of drug-likeness (QED) is 0.566. The van der Waals surface area contributed by atoms with Gasteiger partial charge in [-0.15, -0.1) is 11.3 Å². The van der Waals surface area contributed by atoms with Crippen LogP contribution in [0.1, 0.15) is 21.9 Å². The Morgan fingerprint density at radius 3 is 2.85 bits per heavy atom. The molecule has 144 valence electrons. The monoisotopic (exact) mass is 385 g/mol. The molecular weight excluding hydrogens is 358 g/mol. The van der Waals surface area contributed by atoms with Crippen molar-refractivity contribution in [2.75, 3.05) is 26.7 Å². The van der Waals surface area contributed by atoms with Crippen molar-refractivity contribution in [3.8, 4) is 0 Å². The first kappa shape index (κ1) is 19.4. The van der Waals surface area contributed by atoms with Crippen LogP contribution in [0.25, 0.3) is 0 Å². The van der Waals surface area contributed by atoms with Gasteiger partial charge in [0.1, 0.15) is 0 Å². The van der Waals surface area contributed by atoms with Crippen LogP contribution in [0.5, 0.6) is 0 Å². The topological polar surface area (TPSA) is 69.6 Å². The molecule has 6 nitrogen and oxygen atoms in total. The van der Waals surface area contributed by atoms with Gasteiger partial charge >= 0.3 is 0 Å². The molecule has 1 unspecified atom stereocenters. The summed E-state index contributed by atoms with van der Waals surface area (Å²) in [7, 11) is 1.76. The molecule has 0 aliphatic carbocycles. The van der Waals surface area contributed by atoms with Gasteiger partial charge in [0.15, 0.2) is 5.96 Å². The van der Waals surface area contributed by atoms with Crippen LogP contribution in [-0.4, -0.2) is 48.4 Å². The summed E-state index contributed by atoms with van der Waals surface area (Å²) >= 11 is 1.68. The number of aromatic nitrogens is 1. The summed E-state index contributed by atoms with van der Waals surface area (Å²) in [5.41, 5.74) is 1.27. The van der Waals surface area contributed by atoms with Crippen LogP contribution in [0.15, 0.2) is 41.5 Å². The third-order valence-electron chi connectivity index (χ3n) is 4.69. The van der Waals surface area contributed by atoms with Crippen LogP contribution in [0.3, 0.4) is 0 Å². The first-order valence-corrected chi connectivity index (χ1v) is 10.1. The van der Waals surface area contributed by atoms with E-state index in [1.807, 2.05) is 36.2 Å². The lowest BCUT2D eigenvalue weighted by atomic mass is 10.1. The number of nitrogens with zero attached hydrogens (tertiary/aromatic N) is 3. The van der Waals surface area contributed by atoms with E-state index in [1.54, 1.807) is 18.4 Å². The number of rotatable bonds is 7. The van der Waals surface area contributed by atoms with Crippen LogP contribution in [-0.2, 0) is 17.8 Å². The molecular formula is C20H27N5OS. The second-order valence-corrected chi connectivity index (χ2v) is 8.12. The van der Waals surface area contributed by atoms with Crippen molar-refractivity contribution in [2.24, 2.45) is 10.9 Å². The van der Waals surface area contributed by atoms with Crippen LogP contribution in [0.2, 0.25) is 0 Å². The lowest BCUT2D eigenvalue weighted by molar-refractivity contribution is -0.127. The molecule has 1 saturated heterocycles. The number of hydrogen-bond acceptors (Lipinski definition) is 4. The van der Waals surface area contributed by atoms with Crippen LogP contribution in [0.4, 0.5) is 0 Å². The molecule has 1 aromatic heterocycles. The summed E-state index contributed by atoms with van der Waals surface area (Å²) < 4.78 is 0. The van der Waals surface area contributed by atoms with E-state index < -0.39 is 0 Å². The largest absolute Gasteiger partial charge is 0.356 e. The number of carbonyl (C=O) groups excluding carboxylic acids is 1. The van der Waals surface area contributed by atoms with Crippen molar-refractivity contribution in [2.45, 2.75) is 26.3 Å². The molecule has 2 heterocycles. The standard InChI is InChI=1S/C20H27N5OS/c1-15-22-12-18(27-15)13-24-20(21-2)23-11-17-10-19(26)25(14-17)9-8-16-6-4-3-5-7-16/h3-7,12,17H,8-11,13-14H2,1-2H3,(H2,21,23,24). The highest BCUT2D eigenvalue weighted by Gasteiger charge is 2.29. The molecule has 0 spiro atoms. The summed E-state index contributed by atoms with van der Waals surface area (Å²) in [5, 5.41) is 7.72. The molecule has 0 saturated carbocycles. The van der Waals surface area contributed by atoms with Gasteiger partial charge in [0, 0.05) is 50.1 Å². The number of guanidine groups is 1. The zero-order valence-corrected chi connectivity index (χ0v) is 16.8. The van der Waals surface area contributed by atoms with Crippen molar-refractivity contribution in [1.82, 2.24) is 20.5 Å². The number of benzene rings is 1. The normalized spacial score (nSPS) is 17.4. The molecule has 1 aromatic carbocycles. The average Bonchev–Trinajstić information content (AvgIpc) is 3.26. The number of amides is 1. The number of carbonyl (C=O) groups is 1. The van der Waals surface area contributed by atoms with E-state index in [9.17, 15) is 4.79 Å². The van der Waals surface area contributed by atoms with Gasteiger partial charge in [0.25, 0.3) is 0 Å². The average molecular weight is 386 g/mol. The number of aliphatic imine (C=N–C) groups is 1.